The SMILES string of the molecule is COc1cc(C(=O)C2CC2)c(OC)cc1Cl. The van der Waals surface area contributed by atoms with Crippen LogP contribution in [0.3, 0.4) is 0 Å². The monoisotopic (exact) mass is 240 g/mol. The van der Waals surface area contributed by atoms with Crippen LogP contribution in [0.15, 0.2) is 12.1 Å². The number of carbonyl (C=O) groups is 1. The van der Waals surface area contributed by atoms with E-state index in [9.17, 15) is 4.79 Å². The number of ketones is 1. The zero-order chi connectivity index (χ0) is 11.7. The van der Waals surface area contributed by atoms with Crippen molar-refractivity contribution >= 4 is 17.4 Å². The first kappa shape index (κ1) is 11.3. The number of Topliss-reactive ketones (excluding diaryl/α,β-unsaturated/α-hetero) is 1. The van der Waals surface area contributed by atoms with E-state index in [-0.39, 0.29) is 11.7 Å². The van der Waals surface area contributed by atoms with E-state index in [0.29, 0.717) is 22.1 Å². The molecule has 1 aromatic rings. The van der Waals surface area contributed by atoms with Gasteiger partial charge >= 0.3 is 0 Å². The summed E-state index contributed by atoms with van der Waals surface area (Å²) >= 11 is 5.96. The van der Waals surface area contributed by atoms with Crippen LogP contribution in [0.5, 0.6) is 11.5 Å². The van der Waals surface area contributed by atoms with Gasteiger partial charge in [-0.15, -0.1) is 0 Å². The molecule has 0 aromatic heterocycles. The number of halogens is 1. The lowest BCUT2D eigenvalue weighted by Gasteiger charge is -2.10. The largest absolute Gasteiger partial charge is 0.496 e. The number of carbonyl (C=O) groups excluding carboxylic acids is 1. The van der Waals surface area contributed by atoms with Crippen LogP contribution < -0.4 is 9.47 Å². The van der Waals surface area contributed by atoms with Gasteiger partial charge in [-0.1, -0.05) is 11.6 Å². The molecule has 0 saturated heterocycles. The maximum absolute atomic E-state index is 12.0. The third-order valence-electron chi connectivity index (χ3n) is 2.69. The van der Waals surface area contributed by atoms with Crippen LogP contribution in [0.4, 0.5) is 0 Å². The Morgan fingerprint density at radius 3 is 2.38 bits per heavy atom. The van der Waals surface area contributed by atoms with E-state index in [2.05, 4.69) is 0 Å². The van der Waals surface area contributed by atoms with Crippen molar-refractivity contribution in [2.75, 3.05) is 14.2 Å². The molecule has 0 bridgehead atoms. The molecule has 86 valence electrons. The quantitative estimate of drug-likeness (QED) is 0.759. The van der Waals surface area contributed by atoms with Crippen LogP contribution in [-0.4, -0.2) is 20.0 Å². The zero-order valence-electron chi connectivity index (χ0n) is 9.25. The number of rotatable bonds is 4. The van der Waals surface area contributed by atoms with Crippen LogP contribution in [0.25, 0.3) is 0 Å². The molecule has 1 aromatic carbocycles. The standard InChI is InChI=1S/C12H13ClO3/c1-15-10-6-9(13)11(16-2)5-8(10)12(14)7-3-4-7/h5-7H,3-4H2,1-2H3. The fraction of sp³-hybridized carbons (Fsp3) is 0.417. The van der Waals surface area contributed by atoms with E-state index in [1.165, 1.54) is 14.2 Å². The predicted molar refractivity (Wildman–Crippen MR) is 61.6 cm³/mol. The summed E-state index contributed by atoms with van der Waals surface area (Å²) in [6.45, 7) is 0. The lowest BCUT2D eigenvalue weighted by molar-refractivity contribution is 0.0964. The second-order valence-electron chi connectivity index (χ2n) is 3.83. The maximum atomic E-state index is 12.0. The summed E-state index contributed by atoms with van der Waals surface area (Å²) in [5.41, 5.74) is 0.561. The van der Waals surface area contributed by atoms with E-state index in [1.807, 2.05) is 0 Å². The number of hydrogen-bond donors (Lipinski definition) is 0. The zero-order valence-corrected chi connectivity index (χ0v) is 10.0. The topological polar surface area (TPSA) is 35.5 Å². The average molecular weight is 241 g/mol. The van der Waals surface area contributed by atoms with Crippen molar-refractivity contribution in [3.05, 3.63) is 22.7 Å². The van der Waals surface area contributed by atoms with Crippen molar-refractivity contribution in [3.8, 4) is 11.5 Å². The lowest BCUT2D eigenvalue weighted by Crippen LogP contribution is -2.05. The minimum Gasteiger partial charge on any atom is -0.496 e. The molecule has 1 saturated carbocycles. The second-order valence-corrected chi connectivity index (χ2v) is 4.23. The van der Waals surface area contributed by atoms with Crippen LogP contribution in [0, 0.1) is 5.92 Å². The van der Waals surface area contributed by atoms with Crippen molar-refractivity contribution < 1.29 is 14.3 Å². The van der Waals surface area contributed by atoms with Gasteiger partial charge in [0.25, 0.3) is 0 Å². The van der Waals surface area contributed by atoms with Crippen LogP contribution in [0.1, 0.15) is 23.2 Å². The molecule has 0 N–H and O–H groups in total. The Morgan fingerprint density at radius 1 is 1.25 bits per heavy atom. The highest BCUT2D eigenvalue weighted by atomic mass is 35.5. The summed E-state index contributed by atoms with van der Waals surface area (Å²) in [5, 5.41) is 0.451. The normalized spacial score (nSPS) is 14.7. The molecule has 0 radical (unpaired) electrons. The van der Waals surface area contributed by atoms with Gasteiger partial charge in [0.1, 0.15) is 11.5 Å². The number of hydrogen-bond acceptors (Lipinski definition) is 3. The molecule has 0 atom stereocenters. The molecular weight excluding hydrogens is 228 g/mol. The van der Waals surface area contributed by atoms with Crippen molar-refractivity contribution in [3.63, 3.8) is 0 Å². The third kappa shape index (κ3) is 2.00. The van der Waals surface area contributed by atoms with Gasteiger partial charge in [0.15, 0.2) is 5.78 Å². The van der Waals surface area contributed by atoms with Gasteiger partial charge in [0, 0.05) is 12.0 Å². The van der Waals surface area contributed by atoms with Gasteiger partial charge in [-0.25, -0.2) is 0 Å². The first-order chi connectivity index (χ1) is 7.67. The fourth-order valence-corrected chi connectivity index (χ4v) is 1.85. The maximum Gasteiger partial charge on any atom is 0.169 e. The molecule has 1 fully saturated rings. The molecule has 0 unspecified atom stereocenters. The lowest BCUT2D eigenvalue weighted by atomic mass is 10.1. The van der Waals surface area contributed by atoms with Gasteiger partial charge in [-0.2, -0.15) is 0 Å². The molecule has 4 heteroatoms. The molecule has 2 rings (SSSR count). The van der Waals surface area contributed by atoms with Crippen LogP contribution in [-0.2, 0) is 0 Å². The Balaban J connectivity index is 2.44. The van der Waals surface area contributed by atoms with Gasteiger partial charge in [0.2, 0.25) is 0 Å². The predicted octanol–water partition coefficient (Wildman–Crippen LogP) is 2.95. The molecule has 0 amide bonds. The highest BCUT2D eigenvalue weighted by Crippen LogP contribution is 2.38. The molecule has 0 spiro atoms. The van der Waals surface area contributed by atoms with Gasteiger partial charge in [-0.05, 0) is 18.9 Å². The first-order valence-electron chi connectivity index (χ1n) is 5.13. The smallest absolute Gasteiger partial charge is 0.169 e. The molecular formula is C12H13ClO3. The Kier molecular flexibility index (Phi) is 3.06. The Bertz CT molecular complexity index is 425. The summed E-state index contributed by atoms with van der Waals surface area (Å²) in [7, 11) is 3.06. The number of benzene rings is 1. The summed E-state index contributed by atoms with van der Waals surface area (Å²) in [4.78, 5) is 12.0. The van der Waals surface area contributed by atoms with E-state index < -0.39 is 0 Å². The minimum absolute atomic E-state index is 0.117. The third-order valence-corrected chi connectivity index (χ3v) is 2.98. The number of methoxy groups -OCH3 is 2. The Hall–Kier alpha value is -1.22. The van der Waals surface area contributed by atoms with Gasteiger partial charge in [0.05, 0.1) is 24.8 Å². The second kappa shape index (κ2) is 4.34. The fourth-order valence-electron chi connectivity index (χ4n) is 1.62. The van der Waals surface area contributed by atoms with Crippen molar-refractivity contribution in [1.29, 1.82) is 0 Å². The van der Waals surface area contributed by atoms with E-state index in [0.717, 1.165) is 12.8 Å². The highest BCUT2D eigenvalue weighted by molar-refractivity contribution is 6.32. The summed E-state index contributed by atoms with van der Waals surface area (Å²) in [6.07, 6.45) is 1.93. The van der Waals surface area contributed by atoms with Crippen molar-refractivity contribution in [2.45, 2.75) is 12.8 Å². The van der Waals surface area contributed by atoms with Crippen LogP contribution in [0.2, 0.25) is 5.02 Å². The van der Waals surface area contributed by atoms with E-state index in [1.54, 1.807) is 12.1 Å². The molecule has 1 aliphatic rings. The molecule has 0 aliphatic heterocycles. The first-order valence-corrected chi connectivity index (χ1v) is 5.51. The summed E-state index contributed by atoms with van der Waals surface area (Å²) < 4.78 is 10.3. The van der Waals surface area contributed by atoms with E-state index in [4.69, 9.17) is 21.1 Å². The Labute approximate surface area is 99.3 Å². The Morgan fingerprint density at radius 2 is 1.88 bits per heavy atom. The van der Waals surface area contributed by atoms with Gasteiger partial charge < -0.3 is 9.47 Å². The van der Waals surface area contributed by atoms with Gasteiger partial charge in [-0.3, -0.25) is 4.79 Å². The summed E-state index contributed by atoms with van der Waals surface area (Å²) in [6, 6.07) is 3.28. The van der Waals surface area contributed by atoms with Crippen LogP contribution >= 0.6 is 11.6 Å². The molecule has 1 aliphatic carbocycles. The average Bonchev–Trinajstić information content (AvgIpc) is 3.11. The minimum atomic E-state index is 0.117. The van der Waals surface area contributed by atoms with E-state index >= 15 is 0 Å². The highest BCUT2D eigenvalue weighted by Gasteiger charge is 2.32. The molecule has 3 nitrogen and oxygen atoms in total. The summed E-state index contributed by atoms with van der Waals surface area (Å²) in [5.74, 6) is 1.29. The molecule has 16 heavy (non-hydrogen) atoms. The van der Waals surface area contributed by atoms with Crippen molar-refractivity contribution in [2.24, 2.45) is 5.92 Å². The molecule has 0 heterocycles. The van der Waals surface area contributed by atoms with Crippen molar-refractivity contribution in [1.82, 2.24) is 0 Å². The number of ether oxygens (including phenoxy) is 2.